The van der Waals surface area contributed by atoms with Crippen LogP contribution in [0, 0.1) is 5.92 Å². The van der Waals surface area contributed by atoms with Crippen LogP contribution in [0.2, 0.25) is 0 Å². The van der Waals surface area contributed by atoms with Crippen molar-refractivity contribution in [3.8, 4) is 0 Å². The van der Waals surface area contributed by atoms with E-state index in [1.165, 1.54) is 28.6 Å². The van der Waals surface area contributed by atoms with Crippen LogP contribution in [0.15, 0.2) is 34.1 Å². The Balaban J connectivity index is 1.63. The number of nitrogens with one attached hydrogen (secondary N) is 1. The van der Waals surface area contributed by atoms with E-state index in [1.807, 2.05) is 0 Å². The highest BCUT2D eigenvalue weighted by molar-refractivity contribution is 7.89. The summed E-state index contributed by atoms with van der Waals surface area (Å²) in [4.78, 5) is 2.54. The first-order valence-corrected chi connectivity index (χ1v) is 12.5. The predicted molar refractivity (Wildman–Crippen MR) is 104 cm³/mol. The van der Waals surface area contributed by atoms with Crippen LogP contribution in [0.25, 0.3) is 0 Å². The lowest BCUT2D eigenvalue weighted by atomic mass is 10.1. The van der Waals surface area contributed by atoms with Gasteiger partial charge in [-0.25, -0.2) is 21.6 Å². The zero-order valence-corrected chi connectivity index (χ0v) is 17.6. The molecule has 1 aromatic rings. The van der Waals surface area contributed by atoms with Gasteiger partial charge >= 0.3 is 0 Å². The molecule has 1 aliphatic carbocycles. The molecule has 1 N–H and O–H groups in total. The van der Waals surface area contributed by atoms with Crippen LogP contribution in [-0.4, -0.2) is 64.8 Å². The Labute approximate surface area is 162 Å². The monoisotopic (exact) mass is 415 g/mol. The fourth-order valence-corrected chi connectivity index (χ4v) is 5.79. The van der Waals surface area contributed by atoms with Gasteiger partial charge < -0.3 is 4.90 Å². The van der Waals surface area contributed by atoms with Crippen LogP contribution in [0.4, 0.5) is 0 Å². The van der Waals surface area contributed by atoms with Gasteiger partial charge in [-0.05, 0) is 56.0 Å². The Morgan fingerprint density at radius 3 is 2.04 bits per heavy atom. The summed E-state index contributed by atoms with van der Waals surface area (Å²) >= 11 is 0. The smallest absolute Gasteiger partial charge is 0.243 e. The summed E-state index contributed by atoms with van der Waals surface area (Å²) in [5.41, 5.74) is 0. The van der Waals surface area contributed by atoms with E-state index < -0.39 is 20.0 Å². The molecule has 0 unspecified atom stereocenters. The summed E-state index contributed by atoms with van der Waals surface area (Å²) < 4.78 is 54.2. The number of nitrogens with zero attached hydrogens (tertiary/aromatic N) is 2. The van der Waals surface area contributed by atoms with Gasteiger partial charge in [0.05, 0.1) is 9.79 Å². The van der Waals surface area contributed by atoms with E-state index in [2.05, 4.69) is 23.5 Å². The third-order valence-corrected chi connectivity index (χ3v) is 8.47. The van der Waals surface area contributed by atoms with Gasteiger partial charge in [0.2, 0.25) is 20.0 Å². The van der Waals surface area contributed by atoms with E-state index in [4.69, 9.17) is 0 Å². The highest BCUT2D eigenvalue weighted by Gasteiger charge is 2.30. The molecule has 7 nitrogen and oxygen atoms in total. The zero-order valence-electron chi connectivity index (χ0n) is 16.0. The van der Waals surface area contributed by atoms with Crippen LogP contribution < -0.4 is 4.72 Å². The fourth-order valence-electron chi connectivity index (χ4n) is 3.06. The molecule has 0 aromatic heterocycles. The quantitative estimate of drug-likeness (QED) is 0.695. The minimum absolute atomic E-state index is 0.0189. The molecular weight excluding hydrogens is 386 g/mol. The van der Waals surface area contributed by atoms with Crippen LogP contribution in [0.1, 0.15) is 33.1 Å². The molecule has 1 saturated carbocycles. The maximum absolute atomic E-state index is 12.9. The van der Waals surface area contributed by atoms with Gasteiger partial charge in [0.1, 0.15) is 0 Å². The molecule has 9 heteroatoms. The van der Waals surface area contributed by atoms with E-state index in [1.54, 1.807) is 0 Å². The van der Waals surface area contributed by atoms with Crippen molar-refractivity contribution in [2.75, 3.05) is 32.7 Å². The van der Waals surface area contributed by atoms with Crippen LogP contribution in [-0.2, 0) is 20.0 Å². The topological polar surface area (TPSA) is 86.8 Å². The Hall–Kier alpha value is -1.00. The molecule has 0 radical (unpaired) electrons. The molecule has 1 aliphatic heterocycles. The molecular formula is C18H29N3O4S2. The van der Waals surface area contributed by atoms with Gasteiger partial charge in [-0.1, -0.05) is 13.8 Å². The van der Waals surface area contributed by atoms with Crippen molar-refractivity contribution in [3.63, 3.8) is 0 Å². The van der Waals surface area contributed by atoms with Gasteiger partial charge in [0.15, 0.2) is 0 Å². The number of sulfonamides is 2. The Morgan fingerprint density at radius 2 is 1.52 bits per heavy atom. The summed E-state index contributed by atoms with van der Waals surface area (Å²) in [5.74, 6) is 0.635. The van der Waals surface area contributed by atoms with Gasteiger partial charge in [0.25, 0.3) is 0 Å². The molecule has 2 aliphatic rings. The normalized spacial score (nSPS) is 20.3. The fraction of sp³-hybridized carbons (Fsp3) is 0.667. The number of rotatable bonds is 8. The van der Waals surface area contributed by atoms with Crippen molar-refractivity contribution in [1.29, 1.82) is 0 Å². The second-order valence-corrected chi connectivity index (χ2v) is 11.4. The van der Waals surface area contributed by atoms with Crippen molar-refractivity contribution in [2.45, 2.75) is 48.9 Å². The third kappa shape index (κ3) is 5.29. The van der Waals surface area contributed by atoms with E-state index in [-0.39, 0.29) is 15.8 Å². The summed E-state index contributed by atoms with van der Waals surface area (Å²) in [6.07, 6.45) is 2.82. The molecule has 3 rings (SSSR count). The van der Waals surface area contributed by atoms with Gasteiger partial charge in [-0.2, -0.15) is 4.31 Å². The maximum Gasteiger partial charge on any atom is 0.243 e. The lowest BCUT2D eigenvalue weighted by Crippen LogP contribution is -2.48. The van der Waals surface area contributed by atoms with Crippen molar-refractivity contribution in [2.24, 2.45) is 5.92 Å². The summed E-state index contributed by atoms with van der Waals surface area (Å²) in [5, 5.41) is 0. The Morgan fingerprint density at radius 1 is 0.963 bits per heavy atom. The molecule has 1 saturated heterocycles. The molecule has 1 aromatic carbocycles. The summed E-state index contributed by atoms with van der Waals surface area (Å²) in [7, 11) is -7.17. The third-order valence-electron chi connectivity index (χ3n) is 5.02. The molecule has 152 valence electrons. The SMILES string of the molecule is CC(C)CCN1CCN(S(=O)(=O)c2ccc(S(=O)(=O)NC3CC3)cc2)CC1. The van der Waals surface area contributed by atoms with Crippen molar-refractivity contribution < 1.29 is 16.8 Å². The van der Waals surface area contributed by atoms with E-state index in [0.29, 0.717) is 19.0 Å². The first-order chi connectivity index (χ1) is 12.7. The van der Waals surface area contributed by atoms with E-state index >= 15 is 0 Å². The molecule has 0 bridgehead atoms. The van der Waals surface area contributed by atoms with Gasteiger partial charge in [-0.3, -0.25) is 0 Å². The average Bonchev–Trinajstić information content (AvgIpc) is 3.43. The van der Waals surface area contributed by atoms with E-state index in [0.717, 1.165) is 38.9 Å². The first-order valence-electron chi connectivity index (χ1n) is 9.53. The number of benzene rings is 1. The average molecular weight is 416 g/mol. The number of hydrogen-bond donors (Lipinski definition) is 1. The Kier molecular flexibility index (Phi) is 6.27. The maximum atomic E-state index is 12.9. The highest BCUT2D eigenvalue weighted by Crippen LogP contribution is 2.24. The van der Waals surface area contributed by atoms with Crippen LogP contribution in [0.5, 0.6) is 0 Å². The van der Waals surface area contributed by atoms with Crippen LogP contribution >= 0.6 is 0 Å². The predicted octanol–water partition coefficient (Wildman–Crippen LogP) is 1.48. The molecule has 1 heterocycles. The standard InChI is InChI=1S/C18H29N3O4S2/c1-15(2)9-10-20-11-13-21(14-12-20)27(24,25)18-7-5-17(6-8-18)26(22,23)19-16-3-4-16/h5-8,15-16,19H,3-4,9-14H2,1-2H3. The minimum atomic E-state index is -3.60. The summed E-state index contributed by atoms with van der Waals surface area (Å²) in [6, 6.07) is 5.54. The van der Waals surface area contributed by atoms with Gasteiger partial charge in [-0.15, -0.1) is 0 Å². The molecule has 2 fully saturated rings. The largest absolute Gasteiger partial charge is 0.301 e. The highest BCUT2D eigenvalue weighted by atomic mass is 32.2. The van der Waals surface area contributed by atoms with Crippen molar-refractivity contribution in [1.82, 2.24) is 13.9 Å². The first kappa shape index (κ1) is 20.7. The van der Waals surface area contributed by atoms with Gasteiger partial charge in [0, 0.05) is 32.2 Å². The molecule has 0 amide bonds. The summed E-state index contributed by atoms with van der Waals surface area (Å²) in [6.45, 7) is 7.74. The molecule has 27 heavy (non-hydrogen) atoms. The lowest BCUT2D eigenvalue weighted by Gasteiger charge is -2.34. The minimum Gasteiger partial charge on any atom is -0.301 e. The van der Waals surface area contributed by atoms with Crippen molar-refractivity contribution >= 4 is 20.0 Å². The lowest BCUT2D eigenvalue weighted by molar-refractivity contribution is 0.180. The number of hydrogen-bond acceptors (Lipinski definition) is 5. The Bertz CT molecular complexity index is 839. The van der Waals surface area contributed by atoms with Crippen molar-refractivity contribution in [3.05, 3.63) is 24.3 Å². The number of piperazine rings is 1. The van der Waals surface area contributed by atoms with Crippen LogP contribution in [0.3, 0.4) is 0 Å². The van der Waals surface area contributed by atoms with E-state index in [9.17, 15) is 16.8 Å². The molecule has 0 atom stereocenters. The second-order valence-electron chi connectivity index (χ2n) is 7.80. The molecule has 0 spiro atoms. The second kappa shape index (κ2) is 8.16. The zero-order chi connectivity index (χ0) is 19.7.